The van der Waals surface area contributed by atoms with Crippen LogP contribution in [0.2, 0.25) is 0 Å². The zero-order valence-electron chi connectivity index (χ0n) is 9.55. The van der Waals surface area contributed by atoms with Crippen molar-refractivity contribution in [1.29, 1.82) is 0 Å². The summed E-state index contributed by atoms with van der Waals surface area (Å²) in [7, 11) is -2.87. The van der Waals surface area contributed by atoms with Crippen molar-refractivity contribution in [2.75, 3.05) is 24.6 Å². The lowest BCUT2D eigenvalue weighted by atomic mass is 10.1. The second kappa shape index (κ2) is 5.63. The molecular formula is C10H19NO4S. The van der Waals surface area contributed by atoms with E-state index in [0.29, 0.717) is 12.8 Å². The molecule has 16 heavy (non-hydrogen) atoms. The number of nitrogens with zero attached hydrogens (tertiary/aromatic N) is 1. The van der Waals surface area contributed by atoms with Crippen LogP contribution in [0.1, 0.15) is 26.2 Å². The van der Waals surface area contributed by atoms with Gasteiger partial charge in [-0.2, -0.15) is 0 Å². The third-order valence-corrected chi connectivity index (χ3v) is 4.61. The van der Waals surface area contributed by atoms with Gasteiger partial charge in [-0.3, -0.25) is 9.69 Å². The van der Waals surface area contributed by atoms with Gasteiger partial charge in [0.2, 0.25) is 0 Å². The van der Waals surface area contributed by atoms with Crippen LogP contribution < -0.4 is 0 Å². The van der Waals surface area contributed by atoms with Gasteiger partial charge in [-0.25, -0.2) is 8.42 Å². The smallest absolute Gasteiger partial charge is 0.317 e. The molecule has 1 N–H and O–H groups in total. The number of hydrogen-bond donors (Lipinski definition) is 1. The molecule has 1 fully saturated rings. The maximum atomic E-state index is 11.3. The monoisotopic (exact) mass is 249 g/mol. The fourth-order valence-corrected chi connectivity index (χ4v) is 3.56. The number of carboxylic acids is 1. The van der Waals surface area contributed by atoms with Crippen LogP contribution in [0.25, 0.3) is 0 Å². The molecule has 0 aromatic heterocycles. The van der Waals surface area contributed by atoms with Crippen LogP contribution in [0.4, 0.5) is 0 Å². The Morgan fingerprint density at radius 2 is 1.94 bits per heavy atom. The summed E-state index contributed by atoms with van der Waals surface area (Å²) in [6.45, 7) is 2.73. The van der Waals surface area contributed by atoms with Crippen LogP contribution in [-0.2, 0) is 14.6 Å². The largest absolute Gasteiger partial charge is 0.480 e. The van der Waals surface area contributed by atoms with E-state index in [0.717, 1.165) is 13.0 Å². The van der Waals surface area contributed by atoms with Gasteiger partial charge in [0.15, 0.2) is 0 Å². The first kappa shape index (κ1) is 13.4. The Kier molecular flexibility index (Phi) is 4.73. The number of rotatable bonds is 5. The zero-order valence-corrected chi connectivity index (χ0v) is 10.4. The van der Waals surface area contributed by atoms with E-state index in [1.807, 2.05) is 11.8 Å². The van der Waals surface area contributed by atoms with Crippen LogP contribution in [-0.4, -0.2) is 55.0 Å². The Bertz CT molecular complexity index is 325. The maximum Gasteiger partial charge on any atom is 0.317 e. The second-order valence-electron chi connectivity index (χ2n) is 4.25. The van der Waals surface area contributed by atoms with Crippen molar-refractivity contribution < 1.29 is 18.3 Å². The second-order valence-corrected chi connectivity index (χ2v) is 6.55. The van der Waals surface area contributed by atoms with Gasteiger partial charge in [0.25, 0.3) is 0 Å². The molecule has 0 aliphatic carbocycles. The lowest BCUT2D eigenvalue weighted by Crippen LogP contribution is -2.44. The van der Waals surface area contributed by atoms with Gasteiger partial charge < -0.3 is 5.11 Å². The molecule has 0 bridgehead atoms. The predicted molar refractivity (Wildman–Crippen MR) is 61.2 cm³/mol. The number of carbonyl (C=O) groups is 1. The molecule has 1 rings (SSSR count). The summed E-state index contributed by atoms with van der Waals surface area (Å²) in [5, 5.41) is 8.78. The number of carboxylic acid groups (broad SMARTS) is 1. The summed E-state index contributed by atoms with van der Waals surface area (Å²) in [5.41, 5.74) is 0. The first-order chi connectivity index (χ1) is 7.44. The summed E-state index contributed by atoms with van der Waals surface area (Å²) in [6.07, 6.45) is 2.02. The van der Waals surface area contributed by atoms with Gasteiger partial charge in [0.05, 0.1) is 18.1 Å². The van der Waals surface area contributed by atoms with Crippen molar-refractivity contribution in [1.82, 2.24) is 4.90 Å². The molecule has 0 atom stereocenters. The molecule has 6 heteroatoms. The summed E-state index contributed by atoms with van der Waals surface area (Å²) >= 11 is 0. The van der Waals surface area contributed by atoms with Crippen LogP contribution in [0, 0.1) is 0 Å². The van der Waals surface area contributed by atoms with Crippen LogP contribution in [0.15, 0.2) is 0 Å². The van der Waals surface area contributed by atoms with E-state index in [1.165, 1.54) is 0 Å². The van der Waals surface area contributed by atoms with Crippen molar-refractivity contribution in [3.8, 4) is 0 Å². The maximum absolute atomic E-state index is 11.3. The molecule has 5 nitrogen and oxygen atoms in total. The van der Waals surface area contributed by atoms with E-state index in [9.17, 15) is 13.2 Å². The Labute approximate surface area is 96.4 Å². The minimum atomic E-state index is -2.87. The molecule has 0 aromatic rings. The third-order valence-electron chi connectivity index (χ3n) is 2.89. The van der Waals surface area contributed by atoms with Crippen molar-refractivity contribution in [3.05, 3.63) is 0 Å². The Morgan fingerprint density at radius 1 is 1.38 bits per heavy atom. The Balaban J connectivity index is 2.56. The van der Waals surface area contributed by atoms with Gasteiger partial charge in [-0.05, 0) is 25.8 Å². The molecule has 0 radical (unpaired) electrons. The molecule has 0 amide bonds. The summed E-state index contributed by atoms with van der Waals surface area (Å²) in [6, 6.07) is 0.111. The molecule has 1 aliphatic rings. The lowest BCUT2D eigenvalue weighted by molar-refractivity contribution is -0.139. The molecule has 1 saturated heterocycles. The van der Waals surface area contributed by atoms with Gasteiger partial charge in [0, 0.05) is 6.04 Å². The van der Waals surface area contributed by atoms with Crippen LogP contribution in [0.3, 0.4) is 0 Å². The minimum absolute atomic E-state index is 0.0125. The first-order valence-corrected chi connectivity index (χ1v) is 7.43. The summed E-state index contributed by atoms with van der Waals surface area (Å²) in [4.78, 5) is 12.6. The van der Waals surface area contributed by atoms with Gasteiger partial charge in [-0.15, -0.1) is 0 Å². The standard InChI is InChI=1S/C10H19NO4S/c1-2-5-11(8-10(12)13)9-3-6-16(14,15)7-4-9/h9H,2-8H2,1H3,(H,12,13). The van der Waals surface area contributed by atoms with E-state index in [-0.39, 0.29) is 24.1 Å². The van der Waals surface area contributed by atoms with Crippen LogP contribution >= 0.6 is 0 Å². The third kappa shape index (κ3) is 4.09. The van der Waals surface area contributed by atoms with Gasteiger partial charge in [-0.1, -0.05) is 6.92 Å². The SMILES string of the molecule is CCCN(CC(=O)O)C1CCS(=O)(=O)CC1. The predicted octanol–water partition coefficient (Wildman–Crippen LogP) is 0.360. The molecule has 0 spiro atoms. The van der Waals surface area contributed by atoms with E-state index in [2.05, 4.69) is 0 Å². The van der Waals surface area contributed by atoms with Crippen molar-refractivity contribution in [2.24, 2.45) is 0 Å². The molecule has 94 valence electrons. The zero-order chi connectivity index (χ0) is 12.2. The first-order valence-electron chi connectivity index (χ1n) is 5.61. The average Bonchev–Trinajstić information content (AvgIpc) is 2.16. The van der Waals surface area contributed by atoms with E-state index in [1.54, 1.807) is 0 Å². The summed E-state index contributed by atoms with van der Waals surface area (Å²) < 4.78 is 22.5. The molecule has 1 heterocycles. The average molecular weight is 249 g/mol. The van der Waals surface area contributed by atoms with E-state index < -0.39 is 15.8 Å². The van der Waals surface area contributed by atoms with Crippen molar-refractivity contribution in [3.63, 3.8) is 0 Å². The topological polar surface area (TPSA) is 74.7 Å². The highest BCUT2D eigenvalue weighted by Gasteiger charge is 2.28. The molecule has 1 aliphatic heterocycles. The highest BCUT2D eigenvalue weighted by atomic mass is 32.2. The van der Waals surface area contributed by atoms with Crippen LogP contribution in [0.5, 0.6) is 0 Å². The van der Waals surface area contributed by atoms with Gasteiger partial charge >= 0.3 is 5.97 Å². The van der Waals surface area contributed by atoms with Crippen molar-refractivity contribution in [2.45, 2.75) is 32.2 Å². The molecule has 0 saturated carbocycles. The fourth-order valence-electron chi connectivity index (χ4n) is 2.09. The highest BCUT2D eigenvalue weighted by Crippen LogP contribution is 2.18. The number of sulfone groups is 1. The Hall–Kier alpha value is -0.620. The fraction of sp³-hybridized carbons (Fsp3) is 0.900. The van der Waals surface area contributed by atoms with E-state index in [4.69, 9.17) is 5.11 Å². The Morgan fingerprint density at radius 3 is 2.38 bits per heavy atom. The highest BCUT2D eigenvalue weighted by molar-refractivity contribution is 7.91. The van der Waals surface area contributed by atoms with E-state index >= 15 is 0 Å². The minimum Gasteiger partial charge on any atom is -0.480 e. The molecular weight excluding hydrogens is 230 g/mol. The van der Waals surface area contributed by atoms with Gasteiger partial charge in [0.1, 0.15) is 9.84 Å². The lowest BCUT2D eigenvalue weighted by Gasteiger charge is -2.32. The molecule has 0 unspecified atom stereocenters. The normalized spacial score (nSPS) is 21.1. The summed E-state index contributed by atoms with van der Waals surface area (Å²) in [5.74, 6) is -0.462. The molecule has 0 aromatic carbocycles. The number of aliphatic carboxylic acids is 1. The number of hydrogen-bond acceptors (Lipinski definition) is 4. The van der Waals surface area contributed by atoms with Crippen molar-refractivity contribution >= 4 is 15.8 Å². The quantitative estimate of drug-likeness (QED) is 0.761.